The van der Waals surface area contributed by atoms with Crippen molar-refractivity contribution in [2.24, 2.45) is 0 Å². The second kappa shape index (κ2) is 9.22. The van der Waals surface area contributed by atoms with Gasteiger partial charge in [-0.15, -0.1) is 11.8 Å². The lowest BCUT2D eigenvalue weighted by Crippen LogP contribution is -2.32. The molecule has 0 spiro atoms. The summed E-state index contributed by atoms with van der Waals surface area (Å²) in [6.07, 6.45) is 6.15. The van der Waals surface area contributed by atoms with Crippen LogP contribution in [0.2, 0.25) is 0 Å². The highest BCUT2D eigenvalue weighted by Gasteiger charge is 2.23. The van der Waals surface area contributed by atoms with Gasteiger partial charge in [0.1, 0.15) is 0 Å². The minimum atomic E-state index is -3.80. The van der Waals surface area contributed by atoms with Crippen LogP contribution in [0.25, 0.3) is 0 Å². The highest BCUT2D eigenvalue weighted by Crippen LogP contribution is 2.28. The van der Waals surface area contributed by atoms with Gasteiger partial charge in [-0.05, 0) is 68.3 Å². The Labute approximate surface area is 177 Å². The van der Waals surface area contributed by atoms with Gasteiger partial charge in [0.2, 0.25) is 0 Å². The van der Waals surface area contributed by atoms with E-state index in [1.807, 2.05) is 37.1 Å². The molecule has 1 N–H and O–H groups in total. The van der Waals surface area contributed by atoms with Crippen LogP contribution in [0.4, 0.5) is 5.69 Å². The van der Waals surface area contributed by atoms with E-state index >= 15 is 0 Å². The number of rotatable bonds is 5. The normalized spacial score (nSPS) is 15.1. The number of sulfonamides is 1. The van der Waals surface area contributed by atoms with E-state index in [4.69, 9.17) is 0 Å². The van der Waals surface area contributed by atoms with Crippen molar-refractivity contribution in [3.8, 4) is 0 Å². The molecule has 5 nitrogen and oxygen atoms in total. The summed E-state index contributed by atoms with van der Waals surface area (Å²) in [6.45, 7) is 5.28. The molecule has 1 amide bonds. The Morgan fingerprint density at radius 2 is 1.72 bits per heavy atom. The molecule has 0 saturated carbocycles. The summed E-state index contributed by atoms with van der Waals surface area (Å²) in [5.74, 6) is -0.0833. The number of amides is 1. The third kappa shape index (κ3) is 4.95. The molecule has 0 bridgehead atoms. The molecule has 1 fully saturated rings. The third-order valence-electron chi connectivity index (χ3n) is 5.45. The number of nitrogens with one attached hydrogen (secondary N) is 1. The number of likely N-dealkylation sites (tertiary alicyclic amines) is 1. The number of anilines is 1. The van der Waals surface area contributed by atoms with Gasteiger partial charge >= 0.3 is 0 Å². The number of thioether (sulfide) groups is 1. The van der Waals surface area contributed by atoms with E-state index in [9.17, 15) is 13.2 Å². The highest BCUT2D eigenvalue weighted by molar-refractivity contribution is 7.98. The topological polar surface area (TPSA) is 66.5 Å². The number of carbonyl (C=O) groups excluding carboxylic acids is 1. The molecule has 2 aromatic rings. The first-order valence-electron chi connectivity index (χ1n) is 9.90. The molecule has 0 unspecified atom stereocenters. The summed E-state index contributed by atoms with van der Waals surface area (Å²) in [4.78, 5) is 15.9. The lowest BCUT2D eigenvalue weighted by atomic mass is 10.1. The summed E-state index contributed by atoms with van der Waals surface area (Å²) in [5.41, 5.74) is 2.92. The predicted molar refractivity (Wildman–Crippen MR) is 119 cm³/mol. The SMILES string of the molecule is CSc1ccc(S(=O)(=O)Nc2cccc(C)c2C)cc1C(=O)N1CCCCCC1. The summed E-state index contributed by atoms with van der Waals surface area (Å²) >= 11 is 1.46. The highest BCUT2D eigenvalue weighted by atomic mass is 32.2. The number of benzene rings is 2. The second-order valence-corrected chi connectivity index (χ2v) is 9.95. The fourth-order valence-electron chi connectivity index (χ4n) is 3.53. The van der Waals surface area contributed by atoms with Gasteiger partial charge in [-0.2, -0.15) is 0 Å². The predicted octanol–water partition coefficient (Wildman–Crippen LogP) is 4.84. The van der Waals surface area contributed by atoms with Crippen LogP contribution in [0.15, 0.2) is 46.2 Å². The summed E-state index contributed by atoms with van der Waals surface area (Å²) in [7, 11) is -3.80. The van der Waals surface area contributed by atoms with Crippen molar-refractivity contribution in [3.05, 3.63) is 53.1 Å². The Morgan fingerprint density at radius 1 is 1.03 bits per heavy atom. The van der Waals surface area contributed by atoms with E-state index in [-0.39, 0.29) is 10.8 Å². The van der Waals surface area contributed by atoms with E-state index in [0.29, 0.717) is 11.3 Å². The Kier molecular flexibility index (Phi) is 6.90. The van der Waals surface area contributed by atoms with Gasteiger partial charge < -0.3 is 4.90 Å². The standard InChI is InChI=1S/C22H28N2O3S2/c1-16-9-8-10-20(17(16)2)23-29(26,27)18-11-12-21(28-3)19(15-18)22(25)24-13-6-4-5-7-14-24/h8-12,15,23H,4-7,13-14H2,1-3H3. The van der Waals surface area contributed by atoms with Crippen molar-refractivity contribution in [2.75, 3.05) is 24.1 Å². The molecule has 0 aliphatic carbocycles. The molecular weight excluding hydrogens is 404 g/mol. The van der Waals surface area contributed by atoms with Crippen LogP contribution in [0.3, 0.4) is 0 Å². The zero-order chi connectivity index (χ0) is 21.0. The molecular formula is C22H28N2O3S2. The number of nitrogens with zero attached hydrogens (tertiary/aromatic N) is 1. The third-order valence-corrected chi connectivity index (χ3v) is 7.61. The minimum absolute atomic E-state index is 0.0833. The second-order valence-electron chi connectivity index (χ2n) is 7.42. The van der Waals surface area contributed by atoms with Crippen LogP contribution < -0.4 is 4.72 Å². The molecule has 1 aliphatic heterocycles. The molecule has 1 saturated heterocycles. The van der Waals surface area contributed by atoms with E-state index in [1.165, 1.54) is 17.8 Å². The molecule has 1 heterocycles. The quantitative estimate of drug-likeness (QED) is 0.687. The van der Waals surface area contributed by atoms with Crippen LogP contribution in [-0.2, 0) is 10.0 Å². The zero-order valence-corrected chi connectivity index (χ0v) is 18.8. The van der Waals surface area contributed by atoms with E-state index in [1.54, 1.807) is 18.2 Å². The van der Waals surface area contributed by atoms with Crippen LogP contribution in [0, 0.1) is 13.8 Å². The fraction of sp³-hybridized carbons (Fsp3) is 0.409. The molecule has 3 rings (SSSR count). The van der Waals surface area contributed by atoms with Gasteiger partial charge in [0, 0.05) is 18.0 Å². The monoisotopic (exact) mass is 432 g/mol. The average molecular weight is 433 g/mol. The van der Waals surface area contributed by atoms with Crippen molar-refractivity contribution in [2.45, 2.75) is 49.3 Å². The van der Waals surface area contributed by atoms with Crippen LogP contribution >= 0.6 is 11.8 Å². The van der Waals surface area contributed by atoms with E-state index in [2.05, 4.69) is 4.72 Å². The van der Waals surface area contributed by atoms with Crippen molar-refractivity contribution in [3.63, 3.8) is 0 Å². The summed E-state index contributed by atoms with van der Waals surface area (Å²) in [5, 5.41) is 0. The molecule has 0 atom stereocenters. The van der Waals surface area contributed by atoms with Gasteiger partial charge in [0.25, 0.3) is 15.9 Å². The Bertz CT molecular complexity index is 995. The van der Waals surface area contributed by atoms with Gasteiger partial charge in [-0.1, -0.05) is 25.0 Å². The molecule has 0 radical (unpaired) electrons. The number of hydrogen-bond acceptors (Lipinski definition) is 4. The number of aryl methyl sites for hydroxylation is 1. The van der Waals surface area contributed by atoms with Crippen LogP contribution in [0.1, 0.15) is 47.2 Å². The molecule has 2 aromatic carbocycles. The number of carbonyl (C=O) groups is 1. The van der Waals surface area contributed by atoms with Gasteiger partial charge in [-0.25, -0.2) is 8.42 Å². The molecule has 1 aliphatic rings. The number of hydrogen-bond donors (Lipinski definition) is 1. The van der Waals surface area contributed by atoms with Gasteiger partial charge in [0.15, 0.2) is 0 Å². The average Bonchev–Trinajstić information content (AvgIpc) is 3.00. The molecule has 29 heavy (non-hydrogen) atoms. The molecule has 7 heteroatoms. The smallest absolute Gasteiger partial charge is 0.261 e. The van der Waals surface area contributed by atoms with Gasteiger partial charge in [0.05, 0.1) is 16.1 Å². The zero-order valence-electron chi connectivity index (χ0n) is 17.2. The first-order valence-corrected chi connectivity index (χ1v) is 12.6. The first kappa shape index (κ1) is 21.7. The van der Waals surface area contributed by atoms with E-state index in [0.717, 1.165) is 54.8 Å². The largest absolute Gasteiger partial charge is 0.339 e. The molecule has 0 aromatic heterocycles. The van der Waals surface area contributed by atoms with Crippen molar-refractivity contribution in [1.29, 1.82) is 0 Å². The fourth-order valence-corrected chi connectivity index (χ4v) is 5.25. The van der Waals surface area contributed by atoms with Crippen LogP contribution in [-0.4, -0.2) is 38.6 Å². The lowest BCUT2D eigenvalue weighted by Gasteiger charge is -2.22. The first-order chi connectivity index (χ1) is 13.8. The maximum atomic E-state index is 13.2. The summed E-state index contributed by atoms with van der Waals surface area (Å²) in [6, 6.07) is 10.3. The van der Waals surface area contributed by atoms with E-state index < -0.39 is 10.0 Å². The Morgan fingerprint density at radius 3 is 2.38 bits per heavy atom. The lowest BCUT2D eigenvalue weighted by molar-refractivity contribution is 0.0758. The molecule has 156 valence electrons. The van der Waals surface area contributed by atoms with Gasteiger partial charge in [-0.3, -0.25) is 9.52 Å². The maximum absolute atomic E-state index is 13.2. The van der Waals surface area contributed by atoms with Crippen molar-refractivity contribution in [1.82, 2.24) is 4.90 Å². The van der Waals surface area contributed by atoms with Crippen molar-refractivity contribution >= 4 is 33.4 Å². The minimum Gasteiger partial charge on any atom is -0.339 e. The maximum Gasteiger partial charge on any atom is 0.261 e. The summed E-state index contributed by atoms with van der Waals surface area (Å²) < 4.78 is 28.7. The Balaban J connectivity index is 1.94. The van der Waals surface area contributed by atoms with Crippen molar-refractivity contribution < 1.29 is 13.2 Å². The van der Waals surface area contributed by atoms with Crippen LogP contribution in [0.5, 0.6) is 0 Å². The Hall–Kier alpha value is -1.99.